The van der Waals surface area contributed by atoms with Crippen molar-refractivity contribution >= 4 is 21.5 Å². The Morgan fingerprint density at radius 1 is 1.39 bits per heavy atom. The number of aromatic nitrogens is 2. The SMILES string of the molecule is CCCNc1nn(C(C)(C)C)c(N)c1S(C)(=O)=O. The summed E-state index contributed by atoms with van der Waals surface area (Å²) in [5.74, 6) is 0.523. The molecule has 18 heavy (non-hydrogen) atoms. The third-order valence-corrected chi connectivity index (χ3v) is 3.57. The normalized spacial score (nSPS) is 12.7. The van der Waals surface area contributed by atoms with E-state index in [1.165, 1.54) is 0 Å². The maximum Gasteiger partial charge on any atom is 0.182 e. The number of nitrogens with one attached hydrogen (secondary N) is 1. The molecule has 0 amide bonds. The van der Waals surface area contributed by atoms with Gasteiger partial charge < -0.3 is 11.1 Å². The van der Waals surface area contributed by atoms with Gasteiger partial charge in [0.15, 0.2) is 20.6 Å². The van der Waals surface area contributed by atoms with Gasteiger partial charge in [-0.2, -0.15) is 5.10 Å². The molecule has 6 nitrogen and oxygen atoms in total. The van der Waals surface area contributed by atoms with Crippen molar-refractivity contribution in [2.75, 3.05) is 23.9 Å². The first-order valence-electron chi connectivity index (χ1n) is 5.92. The van der Waals surface area contributed by atoms with E-state index in [0.717, 1.165) is 12.7 Å². The van der Waals surface area contributed by atoms with Crippen LogP contribution in [0.15, 0.2) is 4.90 Å². The van der Waals surface area contributed by atoms with Gasteiger partial charge >= 0.3 is 0 Å². The summed E-state index contributed by atoms with van der Waals surface area (Å²) in [4.78, 5) is 0.0888. The molecule has 0 aliphatic heterocycles. The molecule has 0 aliphatic rings. The van der Waals surface area contributed by atoms with Gasteiger partial charge in [-0.3, -0.25) is 0 Å². The molecule has 0 atom stereocenters. The van der Waals surface area contributed by atoms with Gasteiger partial charge in [0.2, 0.25) is 0 Å². The zero-order chi connectivity index (χ0) is 14.1. The maximum absolute atomic E-state index is 11.8. The van der Waals surface area contributed by atoms with E-state index in [1.807, 2.05) is 27.7 Å². The van der Waals surface area contributed by atoms with Crippen LogP contribution < -0.4 is 11.1 Å². The van der Waals surface area contributed by atoms with E-state index in [2.05, 4.69) is 10.4 Å². The van der Waals surface area contributed by atoms with E-state index < -0.39 is 9.84 Å². The van der Waals surface area contributed by atoms with Crippen molar-refractivity contribution in [3.63, 3.8) is 0 Å². The molecule has 0 spiro atoms. The zero-order valence-corrected chi connectivity index (χ0v) is 12.4. The topological polar surface area (TPSA) is 90.0 Å². The van der Waals surface area contributed by atoms with E-state index in [9.17, 15) is 8.42 Å². The lowest BCUT2D eigenvalue weighted by atomic mass is 10.1. The molecule has 1 heterocycles. The molecule has 7 heteroatoms. The van der Waals surface area contributed by atoms with E-state index in [0.29, 0.717) is 12.4 Å². The van der Waals surface area contributed by atoms with E-state index >= 15 is 0 Å². The second-order valence-corrected chi connectivity index (χ2v) is 7.30. The van der Waals surface area contributed by atoms with E-state index in [4.69, 9.17) is 5.73 Å². The van der Waals surface area contributed by atoms with Crippen LogP contribution >= 0.6 is 0 Å². The monoisotopic (exact) mass is 274 g/mol. The smallest absolute Gasteiger partial charge is 0.182 e. The molecule has 104 valence electrons. The van der Waals surface area contributed by atoms with Crippen LogP contribution in [0.2, 0.25) is 0 Å². The molecular weight excluding hydrogens is 252 g/mol. The van der Waals surface area contributed by atoms with Gasteiger partial charge in [-0.25, -0.2) is 13.1 Å². The molecule has 0 saturated carbocycles. The Balaban J connectivity index is 3.42. The summed E-state index contributed by atoms with van der Waals surface area (Å²) in [6.45, 7) is 8.42. The summed E-state index contributed by atoms with van der Waals surface area (Å²) in [7, 11) is -3.40. The minimum absolute atomic E-state index is 0.0888. The minimum atomic E-state index is -3.40. The number of hydrogen-bond donors (Lipinski definition) is 2. The largest absolute Gasteiger partial charge is 0.383 e. The van der Waals surface area contributed by atoms with Gasteiger partial charge in [0.25, 0.3) is 0 Å². The van der Waals surface area contributed by atoms with Crippen molar-refractivity contribution in [3.05, 3.63) is 0 Å². The molecule has 0 radical (unpaired) electrons. The van der Waals surface area contributed by atoms with Crippen LogP contribution in [0.3, 0.4) is 0 Å². The molecular formula is C11H22N4O2S. The molecule has 0 saturated heterocycles. The van der Waals surface area contributed by atoms with Gasteiger partial charge in [0.05, 0.1) is 5.54 Å². The average Bonchev–Trinajstić information content (AvgIpc) is 2.51. The number of sulfone groups is 1. The number of rotatable bonds is 4. The lowest BCUT2D eigenvalue weighted by molar-refractivity contribution is 0.362. The molecule has 0 bridgehead atoms. The van der Waals surface area contributed by atoms with Crippen molar-refractivity contribution in [1.29, 1.82) is 0 Å². The summed E-state index contributed by atoms with van der Waals surface area (Å²) in [6.07, 6.45) is 2.02. The standard InChI is InChI=1S/C11H22N4O2S/c1-6-7-13-10-8(18(5,16)17)9(12)15(14-10)11(2,3)4/h6-7,12H2,1-5H3,(H,13,14). The van der Waals surface area contributed by atoms with Crippen LogP contribution in [-0.4, -0.2) is 31.0 Å². The van der Waals surface area contributed by atoms with Crippen LogP contribution in [0.1, 0.15) is 34.1 Å². The summed E-state index contributed by atoms with van der Waals surface area (Å²) < 4.78 is 25.2. The van der Waals surface area contributed by atoms with Crippen molar-refractivity contribution in [3.8, 4) is 0 Å². The Morgan fingerprint density at radius 2 is 1.94 bits per heavy atom. The molecule has 1 aromatic rings. The predicted octanol–water partition coefficient (Wildman–Crippen LogP) is 1.45. The second kappa shape index (κ2) is 4.79. The lowest BCUT2D eigenvalue weighted by Crippen LogP contribution is -2.25. The predicted molar refractivity (Wildman–Crippen MR) is 73.5 cm³/mol. The highest BCUT2D eigenvalue weighted by Crippen LogP contribution is 2.31. The Hall–Kier alpha value is -1.24. The highest BCUT2D eigenvalue weighted by Gasteiger charge is 2.28. The fraction of sp³-hybridized carbons (Fsp3) is 0.727. The van der Waals surface area contributed by atoms with Gasteiger partial charge in [-0.15, -0.1) is 0 Å². The Morgan fingerprint density at radius 3 is 2.33 bits per heavy atom. The van der Waals surface area contributed by atoms with E-state index in [-0.39, 0.29) is 16.3 Å². The van der Waals surface area contributed by atoms with Gasteiger partial charge in [-0.1, -0.05) is 6.92 Å². The van der Waals surface area contributed by atoms with Crippen LogP contribution in [0.25, 0.3) is 0 Å². The van der Waals surface area contributed by atoms with Crippen molar-refractivity contribution in [2.24, 2.45) is 0 Å². The van der Waals surface area contributed by atoms with Crippen molar-refractivity contribution < 1.29 is 8.42 Å². The third-order valence-electron chi connectivity index (χ3n) is 2.42. The lowest BCUT2D eigenvalue weighted by Gasteiger charge is -2.20. The summed E-state index contributed by atoms with van der Waals surface area (Å²) >= 11 is 0. The van der Waals surface area contributed by atoms with Crippen LogP contribution in [0.4, 0.5) is 11.6 Å². The number of hydrogen-bond acceptors (Lipinski definition) is 5. The molecule has 0 aromatic carbocycles. The summed E-state index contributed by atoms with van der Waals surface area (Å²) in [5, 5.41) is 7.30. The van der Waals surface area contributed by atoms with Crippen LogP contribution in [0, 0.1) is 0 Å². The average molecular weight is 274 g/mol. The Labute approximate surface area is 108 Å². The molecule has 1 aromatic heterocycles. The maximum atomic E-state index is 11.8. The van der Waals surface area contributed by atoms with Gasteiger partial charge in [-0.05, 0) is 27.2 Å². The molecule has 3 N–H and O–H groups in total. The summed E-state index contributed by atoms with van der Waals surface area (Å²) in [5.41, 5.74) is 5.56. The van der Waals surface area contributed by atoms with Gasteiger partial charge in [0.1, 0.15) is 5.82 Å². The molecule has 1 rings (SSSR count). The van der Waals surface area contributed by atoms with Crippen LogP contribution in [0.5, 0.6) is 0 Å². The zero-order valence-electron chi connectivity index (χ0n) is 11.6. The Bertz CT molecular complexity index is 526. The van der Waals surface area contributed by atoms with Crippen molar-refractivity contribution in [1.82, 2.24) is 9.78 Å². The molecule has 0 fully saturated rings. The Kier molecular flexibility index (Phi) is 3.95. The second-order valence-electron chi connectivity index (χ2n) is 5.34. The van der Waals surface area contributed by atoms with Crippen molar-refractivity contribution in [2.45, 2.75) is 44.6 Å². The number of nitrogens with zero attached hydrogens (tertiary/aromatic N) is 2. The number of nitrogens with two attached hydrogens (primary N) is 1. The fourth-order valence-electron chi connectivity index (χ4n) is 1.65. The highest BCUT2D eigenvalue weighted by atomic mass is 32.2. The summed E-state index contributed by atoms with van der Waals surface area (Å²) in [6, 6.07) is 0. The minimum Gasteiger partial charge on any atom is -0.383 e. The third kappa shape index (κ3) is 2.95. The molecule has 0 aliphatic carbocycles. The fourth-order valence-corrected chi connectivity index (χ4v) is 2.58. The highest BCUT2D eigenvalue weighted by molar-refractivity contribution is 7.91. The number of nitrogen functional groups attached to an aromatic ring is 1. The first-order valence-corrected chi connectivity index (χ1v) is 7.81. The van der Waals surface area contributed by atoms with Crippen LogP contribution in [-0.2, 0) is 15.4 Å². The van der Waals surface area contributed by atoms with E-state index in [1.54, 1.807) is 4.68 Å². The molecule has 0 unspecified atom stereocenters. The first kappa shape index (κ1) is 14.8. The quantitative estimate of drug-likeness (QED) is 0.867. The number of anilines is 2. The van der Waals surface area contributed by atoms with Gasteiger partial charge in [0, 0.05) is 12.8 Å². The first-order chi connectivity index (χ1) is 8.09.